The van der Waals surface area contributed by atoms with Crippen LogP contribution in [0, 0.1) is 24.0 Å². The van der Waals surface area contributed by atoms with E-state index in [1.165, 1.54) is 18.2 Å². The summed E-state index contributed by atoms with van der Waals surface area (Å²) < 4.78 is 6.96. The number of aryl methyl sites for hydroxylation is 2. The minimum Gasteiger partial charge on any atom is -0.422 e. The average molecular weight is 335 g/mol. The Morgan fingerprint density at radius 3 is 2.52 bits per heavy atom. The monoisotopic (exact) mass is 335 g/mol. The van der Waals surface area contributed by atoms with E-state index in [0.717, 1.165) is 11.3 Å². The molecule has 4 rings (SSSR count). The molecule has 0 aliphatic carbocycles. The number of benzene rings is 2. The second-order valence-corrected chi connectivity index (χ2v) is 5.88. The van der Waals surface area contributed by atoms with Crippen molar-refractivity contribution in [1.82, 2.24) is 9.78 Å². The molecular weight excluding hydrogens is 322 g/mol. The molecule has 7 heteroatoms. The number of non-ortho nitro benzene ring substituents is 1. The maximum Gasteiger partial charge on any atom is 0.347 e. The Balaban J connectivity index is 2.18. The molecular formula is C18H13N3O4. The quantitative estimate of drug-likeness (QED) is 0.317. The van der Waals surface area contributed by atoms with Crippen LogP contribution < -0.4 is 5.63 Å². The Bertz CT molecular complexity index is 1200. The van der Waals surface area contributed by atoms with Crippen molar-refractivity contribution >= 4 is 27.6 Å². The van der Waals surface area contributed by atoms with E-state index in [9.17, 15) is 14.9 Å². The lowest BCUT2D eigenvalue weighted by Gasteiger charge is -2.06. The molecule has 0 unspecified atom stereocenters. The third-order valence-corrected chi connectivity index (χ3v) is 4.17. The lowest BCUT2D eigenvalue weighted by molar-refractivity contribution is -0.384. The van der Waals surface area contributed by atoms with Gasteiger partial charge in [-0.05, 0) is 32.0 Å². The fourth-order valence-corrected chi connectivity index (χ4v) is 2.95. The molecule has 124 valence electrons. The second kappa shape index (κ2) is 5.27. The van der Waals surface area contributed by atoms with E-state index in [2.05, 4.69) is 5.10 Å². The van der Waals surface area contributed by atoms with E-state index in [0.29, 0.717) is 22.0 Å². The van der Waals surface area contributed by atoms with E-state index >= 15 is 0 Å². The van der Waals surface area contributed by atoms with Crippen molar-refractivity contribution < 1.29 is 9.34 Å². The average Bonchev–Trinajstić information content (AvgIpc) is 2.93. The number of aromatic nitrogens is 2. The van der Waals surface area contributed by atoms with Crippen LogP contribution in [-0.2, 0) is 0 Å². The summed E-state index contributed by atoms with van der Waals surface area (Å²) in [7, 11) is 0. The third-order valence-electron chi connectivity index (χ3n) is 4.17. The summed E-state index contributed by atoms with van der Waals surface area (Å²) in [6.45, 7) is 3.69. The zero-order valence-electron chi connectivity index (χ0n) is 13.5. The van der Waals surface area contributed by atoms with Gasteiger partial charge in [0, 0.05) is 12.1 Å². The van der Waals surface area contributed by atoms with Crippen molar-refractivity contribution in [3.05, 3.63) is 74.3 Å². The predicted molar refractivity (Wildman–Crippen MR) is 93.2 cm³/mol. The highest BCUT2D eigenvalue weighted by molar-refractivity contribution is 6.04. The van der Waals surface area contributed by atoms with Gasteiger partial charge in [0.05, 0.1) is 27.2 Å². The molecule has 0 saturated carbocycles. The van der Waals surface area contributed by atoms with Crippen LogP contribution >= 0.6 is 0 Å². The van der Waals surface area contributed by atoms with Crippen LogP contribution in [-0.4, -0.2) is 14.7 Å². The van der Waals surface area contributed by atoms with Crippen LogP contribution in [0.15, 0.2) is 51.7 Å². The van der Waals surface area contributed by atoms with Crippen LogP contribution in [0.25, 0.3) is 27.6 Å². The number of nitro benzene ring substituents is 1. The zero-order valence-corrected chi connectivity index (χ0v) is 13.5. The predicted octanol–water partition coefficient (Wildman–Crippen LogP) is 3.66. The highest BCUT2D eigenvalue weighted by atomic mass is 16.6. The highest BCUT2D eigenvalue weighted by Gasteiger charge is 2.19. The summed E-state index contributed by atoms with van der Waals surface area (Å²) >= 11 is 0. The molecule has 4 aromatic rings. The van der Waals surface area contributed by atoms with E-state index in [-0.39, 0.29) is 11.3 Å². The first-order valence-corrected chi connectivity index (χ1v) is 7.63. The fraction of sp³-hybridized carbons (Fsp3) is 0.111. The van der Waals surface area contributed by atoms with E-state index in [1.54, 1.807) is 11.6 Å². The number of hydrogen-bond donors (Lipinski definition) is 0. The van der Waals surface area contributed by atoms with Gasteiger partial charge in [0.1, 0.15) is 11.0 Å². The third kappa shape index (κ3) is 2.28. The molecule has 0 bridgehead atoms. The lowest BCUT2D eigenvalue weighted by Crippen LogP contribution is -2.02. The molecule has 0 atom stereocenters. The van der Waals surface area contributed by atoms with Crippen LogP contribution in [0.4, 0.5) is 5.69 Å². The maximum atomic E-state index is 12.4. The first-order chi connectivity index (χ1) is 12.0. The maximum absolute atomic E-state index is 12.4. The van der Waals surface area contributed by atoms with Gasteiger partial charge in [0.15, 0.2) is 0 Å². The molecule has 2 aromatic carbocycles. The lowest BCUT2D eigenvalue weighted by atomic mass is 10.1. The highest BCUT2D eigenvalue weighted by Crippen LogP contribution is 2.29. The van der Waals surface area contributed by atoms with Crippen molar-refractivity contribution in [3.63, 3.8) is 0 Å². The molecule has 0 aliphatic rings. The molecule has 0 fully saturated rings. The van der Waals surface area contributed by atoms with Crippen molar-refractivity contribution in [3.8, 4) is 5.69 Å². The summed E-state index contributed by atoms with van der Waals surface area (Å²) in [5.41, 5.74) is 2.59. The topological polar surface area (TPSA) is 91.2 Å². The van der Waals surface area contributed by atoms with Gasteiger partial charge in [-0.15, -0.1) is 0 Å². The smallest absolute Gasteiger partial charge is 0.347 e. The van der Waals surface area contributed by atoms with Crippen LogP contribution in [0.2, 0.25) is 0 Å². The number of rotatable bonds is 2. The molecule has 0 saturated heterocycles. The zero-order chi connectivity index (χ0) is 17.7. The molecule has 7 nitrogen and oxygen atoms in total. The summed E-state index contributed by atoms with van der Waals surface area (Å²) in [6, 6.07) is 11.8. The van der Waals surface area contributed by atoms with Gasteiger partial charge in [-0.25, -0.2) is 9.48 Å². The number of hydrogen-bond acceptors (Lipinski definition) is 5. The fourth-order valence-electron chi connectivity index (χ4n) is 2.95. The number of nitrogens with zero attached hydrogens (tertiary/aromatic N) is 3. The SMILES string of the molecule is Cc1ccc(-n2nc(C)c3c(=O)oc4ccc([N+](=O)[O-])cc4c32)cc1. The van der Waals surface area contributed by atoms with Gasteiger partial charge in [-0.2, -0.15) is 5.10 Å². The minimum absolute atomic E-state index is 0.0723. The van der Waals surface area contributed by atoms with Crippen molar-refractivity contribution in [2.24, 2.45) is 0 Å². The molecule has 0 N–H and O–H groups in total. The van der Waals surface area contributed by atoms with Crippen molar-refractivity contribution in [2.45, 2.75) is 13.8 Å². The van der Waals surface area contributed by atoms with Crippen molar-refractivity contribution in [1.29, 1.82) is 0 Å². The van der Waals surface area contributed by atoms with Gasteiger partial charge in [0.25, 0.3) is 5.69 Å². The summed E-state index contributed by atoms with van der Waals surface area (Å²) in [5.74, 6) is 0. The van der Waals surface area contributed by atoms with Crippen LogP contribution in [0.1, 0.15) is 11.3 Å². The number of nitro groups is 1. The summed E-state index contributed by atoms with van der Waals surface area (Å²) in [5, 5.41) is 16.4. The van der Waals surface area contributed by atoms with Crippen LogP contribution in [0.5, 0.6) is 0 Å². The van der Waals surface area contributed by atoms with Crippen LogP contribution in [0.3, 0.4) is 0 Å². The standard InChI is InChI=1S/C18H13N3O4/c1-10-3-5-12(6-4-10)20-17-14-9-13(21(23)24)7-8-15(14)25-18(22)16(17)11(2)19-20/h3-9H,1-2H3. The molecule has 2 heterocycles. The van der Waals surface area contributed by atoms with Crippen molar-refractivity contribution in [2.75, 3.05) is 0 Å². The molecule has 0 amide bonds. The largest absolute Gasteiger partial charge is 0.422 e. The Morgan fingerprint density at radius 1 is 1.12 bits per heavy atom. The number of fused-ring (bicyclic) bond motifs is 3. The molecule has 0 spiro atoms. The Morgan fingerprint density at radius 2 is 1.84 bits per heavy atom. The first kappa shape index (κ1) is 15.1. The first-order valence-electron chi connectivity index (χ1n) is 7.63. The Hall–Kier alpha value is -3.48. The molecule has 2 aromatic heterocycles. The van der Waals surface area contributed by atoms with Gasteiger partial charge >= 0.3 is 5.63 Å². The van der Waals surface area contributed by atoms with Gasteiger partial charge in [-0.3, -0.25) is 10.1 Å². The molecule has 25 heavy (non-hydrogen) atoms. The molecule has 0 aliphatic heterocycles. The van der Waals surface area contributed by atoms with Gasteiger partial charge in [0.2, 0.25) is 0 Å². The second-order valence-electron chi connectivity index (χ2n) is 5.88. The van der Waals surface area contributed by atoms with E-state index in [4.69, 9.17) is 4.42 Å². The van der Waals surface area contributed by atoms with Gasteiger partial charge < -0.3 is 4.42 Å². The normalized spacial score (nSPS) is 11.3. The molecule has 0 radical (unpaired) electrons. The van der Waals surface area contributed by atoms with Gasteiger partial charge in [-0.1, -0.05) is 17.7 Å². The summed E-state index contributed by atoms with van der Waals surface area (Å²) in [4.78, 5) is 23.0. The Labute approximate surface area is 141 Å². The van der Waals surface area contributed by atoms with E-state index < -0.39 is 10.5 Å². The minimum atomic E-state index is -0.507. The Kier molecular flexibility index (Phi) is 3.18. The summed E-state index contributed by atoms with van der Waals surface area (Å²) in [6.07, 6.45) is 0. The van der Waals surface area contributed by atoms with E-state index in [1.807, 2.05) is 31.2 Å².